The fraction of sp³-hybridized carbons (Fsp3) is 0.364. The van der Waals surface area contributed by atoms with Crippen molar-refractivity contribution in [1.82, 2.24) is 5.32 Å². The summed E-state index contributed by atoms with van der Waals surface area (Å²) in [6.07, 6.45) is 0.141. The van der Waals surface area contributed by atoms with Gasteiger partial charge in [0.25, 0.3) is 0 Å². The Morgan fingerprint density at radius 3 is 2.81 bits per heavy atom. The molecule has 0 spiro atoms. The minimum atomic E-state index is -1.03. The monoisotopic (exact) mass is 227 g/mol. The van der Waals surface area contributed by atoms with Crippen molar-refractivity contribution < 1.29 is 18.7 Å². The highest BCUT2D eigenvalue weighted by Gasteiger charge is 2.27. The van der Waals surface area contributed by atoms with Gasteiger partial charge in [0.15, 0.2) is 0 Å². The van der Waals surface area contributed by atoms with Gasteiger partial charge in [-0.2, -0.15) is 0 Å². The summed E-state index contributed by atoms with van der Waals surface area (Å²) < 4.78 is 27.0. The van der Waals surface area contributed by atoms with Crippen LogP contribution in [0.2, 0.25) is 0 Å². The molecule has 1 aromatic carbocycles. The van der Waals surface area contributed by atoms with E-state index in [9.17, 15) is 13.6 Å². The summed E-state index contributed by atoms with van der Waals surface area (Å²) in [6, 6.07) is 1.48. The second-order valence-electron chi connectivity index (χ2n) is 3.78. The van der Waals surface area contributed by atoms with E-state index < -0.39 is 23.6 Å². The lowest BCUT2D eigenvalue weighted by molar-refractivity contribution is -0.137. The van der Waals surface area contributed by atoms with Crippen molar-refractivity contribution in [3.8, 4) is 0 Å². The molecule has 0 aromatic heterocycles. The van der Waals surface area contributed by atoms with Gasteiger partial charge < -0.3 is 10.4 Å². The van der Waals surface area contributed by atoms with E-state index in [0.717, 1.165) is 12.1 Å². The van der Waals surface area contributed by atoms with Crippen LogP contribution in [0.5, 0.6) is 0 Å². The maximum Gasteiger partial charge on any atom is 0.305 e. The Morgan fingerprint density at radius 1 is 1.44 bits per heavy atom. The number of carbonyl (C=O) groups is 1. The van der Waals surface area contributed by atoms with Crippen molar-refractivity contribution in [2.75, 3.05) is 6.54 Å². The van der Waals surface area contributed by atoms with Crippen molar-refractivity contribution >= 4 is 5.97 Å². The molecule has 1 unspecified atom stereocenters. The van der Waals surface area contributed by atoms with Gasteiger partial charge in [0.05, 0.1) is 6.42 Å². The van der Waals surface area contributed by atoms with Crippen LogP contribution in [-0.2, 0) is 11.2 Å². The first-order chi connectivity index (χ1) is 7.59. The molecule has 0 radical (unpaired) electrons. The second kappa shape index (κ2) is 4.17. The molecule has 0 aliphatic carbocycles. The van der Waals surface area contributed by atoms with Crippen LogP contribution in [0.15, 0.2) is 12.1 Å². The first kappa shape index (κ1) is 11.0. The minimum absolute atomic E-state index is 0.161. The Morgan fingerprint density at radius 2 is 2.12 bits per heavy atom. The zero-order chi connectivity index (χ0) is 11.7. The molecule has 1 aromatic rings. The smallest absolute Gasteiger partial charge is 0.305 e. The summed E-state index contributed by atoms with van der Waals surface area (Å²) >= 11 is 0. The quantitative estimate of drug-likeness (QED) is 0.807. The van der Waals surface area contributed by atoms with Gasteiger partial charge in [-0.3, -0.25) is 4.79 Å². The molecule has 0 fully saturated rings. The number of benzene rings is 1. The Hall–Kier alpha value is -1.49. The van der Waals surface area contributed by atoms with E-state index in [1.807, 2.05) is 0 Å². The van der Waals surface area contributed by atoms with E-state index in [4.69, 9.17) is 5.11 Å². The van der Waals surface area contributed by atoms with E-state index in [1.54, 1.807) is 0 Å². The number of halogens is 2. The average Bonchev–Trinajstić information content (AvgIpc) is 2.23. The molecule has 1 aliphatic rings. The highest BCUT2D eigenvalue weighted by Crippen LogP contribution is 2.29. The molecule has 0 amide bonds. The van der Waals surface area contributed by atoms with E-state index in [2.05, 4.69) is 5.32 Å². The lowest BCUT2D eigenvalue weighted by Gasteiger charge is -2.26. The van der Waals surface area contributed by atoms with E-state index in [0.29, 0.717) is 18.5 Å². The molecule has 2 N–H and O–H groups in total. The third-order valence-electron chi connectivity index (χ3n) is 2.74. The van der Waals surface area contributed by atoms with Gasteiger partial charge in [0.1, 0.15) is 11.6 Å². The molecular weight excluding hydrogens is 216 g/mol. The zero-order valence-corrected chi connectivity index (χ0v) is 8.46. The first-order valence-electron chi connectivity index (χ1n) is 5.01. The molecular formula is C11H11F2NO2. The molecule has 5 heteroatoms. The van der Waals surface area contributed by atoms with Crippen LogP contribution in [0.3, 0.4) is 0 Å². The third-order valence-corrected chi connectivity index (χ3v) is 2.74. The fourth-order valence-electron chi connectivity index (χ4n) is 2.06. The predicted molar refractivity (Wildman–Crippen MR) is 53.1 cm³/mol. The fourth-order valence-corrected chi connectivity index (χ4v) is 2.06. The molecule has 0 bridgehead atoms. The van der Waals surface area contributed by atoms with E-state index in [1.165, 1.54) is 0 Å². The standard InChI is InChI=1S/C11H11F2NO2/c12-7-1-2-8(13)11-6(7)3-4-14-9(11)5-10(15)16/h1-2,9,14H,3-5H2,(H,15,16). The van der Waals surface area contributed by atoms with Gasteiger partial charge in [-0.1, -0.05) is 0 Å². The molecule has 1 heterocycles. The Balaban J connectivity index is 2.44. The van der Waals surface area contributed by atoms with Crippen LogP contribution >= 0.6 is 0 Å². The van der Waals surface area contributed by atoms with Gasteiger partial charge in [-0.25, -0.2) is 8.78 Å². The summed E-state index contributed by atoms with van der Waals surface area (Å²) in [6.45, 7) is 0.464. The summed E-state index contributed by atoms with van der Waals surface area (Å²) in [5, 5.41) is 11.6. The second-order valence-corrected chi connectivity index (χ2v) is 3.78. The predicted octanol–water partition coefficient (Wildman–Crippen LogP) is 1.63. The van der Waals surface area contributed by atoms with Crippen LogP contribution < -0.4 is 5.32 Å². The van der Waals surface area contributed by atoms with Crippen molar-refractivity contribution in [3.05, 3.63) is 34.9 Å². The van der Waals surface area contributed by atoms with Crippen LogP contribution in [0, 0.1) is 11.6 Å². The summed E-state index contributed by atoms with van der Waals surface area (Å²) in [5.74, 6) is -2.04. The van der Waals surface area contributed by atoms with E-state index >= 15 is 0 Å². The molecule has 2 rings (SSSR count). The number of hydrogen-bond donors (Lipinski definition) is 2. The molecule has 0 saturated heterocycles. The number of hydrogen-bond acceptors (Lipinski definition) is 2. The Labute approximate surface area is 91.1 Å². The summed E-state index contributed by atoms with van der Waals surface area (Å²) in [7, 11) is 0. The van der Waals surface area contributed by atoms with Crippen LogP contribution in [-0.4, -0.2) is 17.6 Å². The van der Waals surface area contributed by atoms with Gasteiger partial charge in [-0.15, -0.1) is 0 Å². The summed E-state index contributed by atoms with van der Waals surface area (Å²) in [4.78, 5) is 10.6. The van der Waals surface area contributed by atoms with Crippen LogP contribution in [0.25, 0.3) is 0 Å². The highest BCUT2D eigenvalue weighted by atomic mass is 19.1. The van der Waals surface area contributed by atoms with Crippen molar-refractivity contribution in [2.24, 2.45) is 0 Å². The third kappa shape index (κ3) is 1.90. The highest BCUT2D eigenvalue weighted by molar-refractivity contribution is 5.68. The minimum Gasteiger partial charge on any atom is -0.481 e. The molecule has 16 heavy (non-hydrogen) atoms. The average molecular weight is 227 g/mol. The topological polar surface area (TPSA) is 49.3 Å². The maximum absolute atomic E-state index is 13.6. The van der Waals surface area contributed by atoms with Crippen molar-refractivity contribution in [1.29, 1.82) is 0 Å². The number of aliphatic carboxylic acids is 1. The van der Waals surface area contributed by atoms with Crippen molar-refractivity contribution in [2.45, 2.75) is 18.9 Å². The molecule has 0 saturated carbocycles. The number of rotatable bonds is 2. The number of fused-ring (bicyclic) bond motifs is 1. The molecule has 1 aliphatic heterocycles. The van der Waals surface area contributed by atoms with Gasteiger partial charge in [0.2, 0.25) is 0 Å². The zero-order valence-electron chi connectivity index (χ0n) is 8.46. The SMILES string of the molecule is O=C(O)CC1NCCc2c(F)ccc(F)c21. The lowest BCUT2D eigenvalue weighted by Crippen LogP contribution is -2.33. The Kier molecular flexibility index (Phi) is 2.87. The molecule has 1 atom stereocenters. The molecule has 3 nitrogen and oxygen atoms in total. The van der Waals surface area contributed by atoms with Crippen LogP contribution in [0.1, 0.15) is 23.6 Å². The van der Waals surface area contributed by atoms with Gasteiger partial charge in [-0.05, 0) is 30.7 Å². The number of nitrogens with one attached hydrogen (secondary N) is 1. The maximum atomic E-state index is 13.6. The number of carboxylic acids is 1. The van der Waals surface area contributed by atoms with Gasteiger partial charge >= 0.3 is 5.97 Å². The first-order valence-corrected chi connectivity index (χ1v) is 5.01. The summed E-state index contributed by atoms with van der Waals surface area (Å²) in [5.41, 5.74) is 0.457. The number of carboxylic acid groups (broad SMARTS) is 1. The lowest BCUT2D eigenvalue weighted by atomic mass is 9.91. The van der Waals surface area contributed by atoms with Crippen molar-refractivity contribution in [3.63, 3.8) is 0 Å². The van der Waals surface area contributed by atoms with Gasteiger partial charge in [0, 0.05) is 11.6 Å². The normalized spacial score (nSPS) is 19.2. The molecule has 86 valence electrons. The van der Waals surface area contributed by atoms with E-state index in [-0.39, 0.29) is 12.0 Å². The largest absolute Gasteiger partial charge is 0.481 e. The Bertz CT molecular complexity index is 434. The van der Waals surface area contributed by atoms with Crippen LogP contribution in [0.4, 0.5) is 8.78 Å².